The van der Waals surface area contributed by atoms with E-state index in [0.717, 1.165) is 30.4 Å². The van der Waals surface area contributed by atoms with Crippen molar-refractivity contribution in [1.29, 1.82) is 0 Å². The number of thioether (sulfide) groups is 1. The van der Waals surface area contributed by atoms with Gasteiger partial charge in [-0.25, -0.2) is 0 Å². The largest absolute Gasteiger partial charge is 0.464 e. The van der Waals surface area contributed by atoms with Gasteiger partial charge >= 0.3 is 0 Å². The molecule has 3 nitrogen and oxygen atoms in total. The van der Waals surface area contributed by atoms with Crippen LogP contribution in [0, 0.1) is 0 Å². The molecule has 0 aliphatic carbocycles. The Morgan fingerprint density at radius 1 is 1.26 bits per heavy atom. The topological polar surface area (TPSA) is 28.4 Å². The molecule has 0 aliphatic rings. The summed E-state index contributed by atoms with van der Waals surface area (Å²) in [5.41, 5.74) is 0. The summed E-state index contributed by atoms with van der Waals surface area (Å²) in [6.07, 6.45) is 4.56. The fraction of sp³-hybridized carbons (Fsp3) is 0.733. The van der Waals surface area contributed by atoms with Crippen molar-refractivity contribution in [3.63, 3.8) is 0 Å². The maximum atomic E-state index is 5.71. The maximum absolute atomic E-state index is 5.71. The summed E-state index contributed by atoms with van der Waals surface area (Å²) in [6, 6.07) is 4.79. The highest BCUT2D eigenvalue weighted by Gasteiger charge is 2.03. The average molecular weight is 284 g/mol. The second-order valence-electron chi connectivity index (χ2n) is 5.26. The van der Waals surface area contributed by atoms with Crippen molar-refractivity contribution in [2.45, 2.75) is 45.0 Å². The van der Waals surface area contributed by atoms with Crippen molar-refractivity contribution in [2.75, 3.05) is 26.4 Å². The molecule has 0 radical (unpaired) electrons. The van der Waals surface area contributed by atoms with Crippen molar-refractivity contribution in [3.05, 3.63) is 23.7 Å². The van der Waals surface area contributed by atoms with E-state index in [1.807, 2.05) is 0 Å². The first kappa shape index (κ1) is 16.6. The zero-order valence-electron chi connectivity index (χ0n) is 12.7. The highest BCUT2D eigenvalue weighted by molar-refractivity contribution is 7.97. The van der Waals surface area contributed by atoms with Crippen LogP contribution in [0.4, 0.5) is 0 Å². The molecule has 0 fully saturated rings. The van der Waals surface area contributed by atoms with Gasteiger partial charge in [-0.15, -0.1) is 0 Å². The third-order valence-corrected chi connectivity index (χ3v) is 3.87. The van der Waals surface area contributed by atoms with E-state index in [9.17, 15) is 0 Å². The average Bonchev–Trinajstić information content (AvgIpc) is 2.81. The van der Waals surface area contributed by atoms with E-state index >= 15 is 0 Å². The van der Waals surface area contributed by atoms with Crippen LogP contribution in [0.15, 0.2) is 16.5 Å². The number of nitrogens with one attached hydrogen (secondary N) is 1. The molecule has 0 aromatic carbocycles. The molecule has 0 unspecified atom stereocenters. The Balaban J connectivity index is 2.04. The van der Waals surface area contributed by atoms with Gasteiger partial charge in [-0.3, -0.25) is 0 Å². The summed E-state index contributed by atoms with van der Waals surface area (Å²) >= 11 is 1.79. The van der Waals surface area contributed by atoms with Crippen molar-refractivity contribution in [3.8, 4) is 0 Å². The molecule has 0 spiro atoms. The first-order valence-electron chi connectivity index (χ1n) is 7.11. The molecule has 110 valence electrons. The van der Waals surface area contributed by atoms with E-state index < -0.39 is 0 Å². The lowest BCUT2D eigenvalue weighted by atomic mass is 10.2. The normalized spacial score (nSPS) is 11.7. The van der Waals surface area contributed by atoms with Gasteiger partial charge in [-0.05, 0) is 65.2 Å². The second-order valence-corrected chi connectivity index (χ2v) is 6.13. The van der Waals surface area contributed by atoms with Gasteiger partial charge < -0.3 is 14.6 Å². The van der Waals surface area contributed by atoms with Crippen molar-refractivity contribution < 1.29 is 4.42 Å². The van der Waals surface area contributed by atoms with Gasteiger partial charge in [-0.1, -0.05) is 0 Å². The molecule has 19 heavy (non-hydrogen) atoms. The molecule has 0 bridgehead atoms. The zero-order chi connectivity index (χ0) is 14.1. The van der Waals surface area contributed by atoms with Crippen LogP contribution in [0.2, 0.25) is 0 Å². The molecular formula is C15H28N2OS. The number of hydrogen-bond donors (Lipinski definition) is 1. The SMILES string of the molecule is CSCc1ccc(CNCCCCN(C)C(C)C)o1. The summed E-state index contributed by atoms with van der Waals surface area (Å²) in [7, 11) is 2.19. The van der Waals surface area contributed by atoms with E-state index in [-0.39, 0.29) is 0 Å². The molecule has 0 aliphatic heterocycles. The van der Waals surface area contributed by atoms with Gasteiger partial charge in [0.2, 0.25) is 0 Å². The quantitative estimate of drug-likeness (QED) is 0.667. The highest BCUT2D eigenvalue weighted by Crippen LogP contribution is 2.13. The monoisotopic (exact) mass is 284 g/mol. The van der Waals surface area contributed by atoms with Gasteiger partial charge in [0.15, 0.2) is 0 Å². The van der Waals surface area contributed by atoms with Crippen LogP contribution in [-0.2, 0) is 12.3 Å². The minimum atomic E-state index is 0.644. The number of rotatable bonds is 10. The standard InChI is InChI=1S/C15H28N2OS/c1-13(2)17(3)10-6-5-9-16-11-14-7-8-15(18-14)12-19-4/h7-8,13,16H,5-6,9-12H2,1-4H3. The van der Waals surface area contributed by atoms with Crippen molar-refractivity contribution in [1.82, 2.24) is 10.2 Å². The third kappa shape index (κ3) is 7.04. The predicted molar refractivity (Wildman–Crippen MR) is 84.6 cm³/mol. The maximum Gasteiger partial charge on any atom is 0.117 e. The molecule has 1 rings (SSSR count). The van der Waals surface area contributed by atoms with Crippen LogP contribution in [0.3, 0.4) is 0 Å². The minimum absolute atomic E-state index is 0.644. The Bertz CT molecular complexity index is 339. The zero-order valence-corrected chi connectivity index (χ0v) is 13.6. The third-order valence-electron chi connectivity index (χ3n) is 3.30. The highest BCUT2D eigenvalue weighted by atomic mass is 32.2. The van der Waals surface area contributed by atoms with Crippen LogP contribution in [-0.4, -0.2) is 37.3 Å². The van der Waals surface area contributed by atoms with Crippen LogP contribution >= 0.6 is 11.8 Å². The molecular weight excluding hydrogens is 256 g/mol. The van der Waals surface area contributed by atoms with Gasteiger partial charge in [0.1, 0.15) is 11.5 Å². The lowest BCUT2D eigenvalue weighted by Crippen LogP contribution is -2.27. The molecule has 1 heterocycles. The number of nitrogens with zero attached hydrogens (tertiary/aromatic N) is 1. The van der Waals surface area contributed by atoms with E-state index in [2.05, 4.69) is 49.5 Å². The van der Waals surface area contributed by atoms with Crippen LogP contribution in [0.5, 0.6) is 0 Å². The number of hydrogen-bond acceptors (Lipinski definition) is 4. The number of unbranched alkanes of at least 4 members (excludes halogenated alkanes) is 1. The first-order chi connectivity index (χ1) is 9.13. The smallest absolute Gasteiger partial charge is 0.117 e. The summed E-state index contributed by atoms with van der Waals surface area (Å²) in [5, 5.41) is 3.44. The Labute approximate surface area is 122 Å². The Hall–Kier alpha value is -0.450. The molecule has 0 saturated carbocycles. The van der Waals surface area contributed by atoms with Crippen LogP contribution in [0.1, 0.15) is 38.2 Å². The van der Waals surface area contributed by atoms with Crippen molar-refractivity contribution in [2.24, 2.45) is 0 Å². The summed E-state index contributed by atoms with van der Waals surface area (Å²) in [4.78, 5) is 2.39. The molecule has 0 amide bonds. The Kier molecular flexibility index (Phi) is 8.26. The Morgan fingerprint density at radius 2 is 2.00 bits per heavy atom. The van der Waals surface area contributed by atoms with E-state index in [1.165, 1.54) is 19.4 Å². The van der Waals surface area contributed by atoms with E-state index in [4.69, 9.17) is 4.42 Å². The molecule has 4 heteroatoms. The summed E-state index contributed by atoms with van der Waals surface area (Å²) in [6.45, 7) is 7.56. The van der Waals surface area contributed by atoms with Crippen LogP contribution < -0.4 is 5.32 Å². The first-order valence-corrected chi connectivity index (χ1v) is 8.50. The number of furan rings is 1. The summed E-state index contributed by atoms with van der Waals surface area (Å²) < 4.78 is 5.71. The molecule has 1 N–H and O–H groups in total. The second kappa shape index (κ2) is 9.45. The van der Waals surface area contributed by atoms with Gasteiger partial charge in [0, 0.05) is 6.04 Å². The molecule has 0 saturated heterocycles. The van der Waals surface area contributed by atoms with Gasteiger partial charge in [-0.2, -0.15) is 11.8 Å². The fourth-order valence-corrected chi connectivity index (χ4v) is 2.26. The lowest BCUT2D eigenvalue weighted by Gasteiger charge is -2.20. The Morgan fingerprint density at radius 3 is 2.68 bits per heavy atom. The molecule has 0 atom stereocenters. The minimum Gasteiger partial charge on any atom is -0.464 e. The lowest BCUT2D eigenvalue weighted by molar-refractivity contribution is 0.267. The summed E-state index contributed by atoms with van der Waals surface area (Å²) in [5.74, 6) is 3.08. The van der Waals surface area contributed by atoms with Crippen LogP contribution in [0.25, 0.3) is 0 Å². The predicted octanol–water partition coefficient (Wildman–Crippen LogP) is 3.35. The van der Waals surface area contributed by atoms with Crippen molar-refractivity contribution >= 4 is 11.8 Å². The van der Waals surface area contributed by atoms with E-state index in [1.54, 1.807) is 11.8 Å². The molecule has 1 aromatic rings. The molecule has 1 aromatic heterocycles. The van der Waals surface area contributed by atoms with Gasteiger partial charge in [0.05, 0.1) is 12.3 Å². The van der Waals surface area contributed by atoms with Gasteiger partial charge in [0.25, 0.3) is 0 Å². The van der Waals surface area contributed by atoms with E-state index in [0.29, 0.717) is 6.04 Å². The fourth-order valence-electron chi connectivity index (χ4n) is 1.82.